The van der Waals surface area contributed by atoms with Gasteiger partial charge in [0.2, 0.25) is 0 Å². The second kappa shape index (κ2) is 4.28. The first-order chi connectivity index (χ1) is 7.50. The second-order valence-electron chi connectivity index (χ2n) is 3.97. The molecule has 2 aromatic rings. The zero-order valence-corrected chi connectivity index (χ0v) is 11.0. The second-order valence-corrected chi connectivity index (χ2v) is 5.71. The predicted octanol–water partition coefficient (Wildman–Crippen LogP) is 3.01. The van der Waals surface area contributed by atoms with Crippen molar-refractivity contribution in [3.8, 4) is 0 Å². The van der Waals surface area contributed by atoms with Crippen molar-refractivity contribution in [3.63, 3.8) is 0 Å². The van der Waals surface area contributed by atoms with Crippen LogP contribution in [0.15, 0.2) is 23.4 Å². The van der Waals surface area contributed by atoms with Crippen LogP contribution in [0.25, 0.3) is 10.9 Å². The summed E-state index contributed by atoms with van der Waals surface area (Å²) >= 11 is 4.87. The Labute approximate surface area is 103 Å². The smallest absolute Gasteiger partial charge is 0.179 e. The number of hydrogen-bond donors (Lipinski definition) is 0. The van der Waals surface area contributed by atoms with Crippen LogP contribution in [0.5, 0.6) is 0 Å². The molecule has 1 atom stereocenters. The number of rotatable bonds is 2. The van der Waals surface area contributed by atoms with Crippen LogP contribution in [-0.4, -0.2) is 20.4 Å². The van der Waals surface area contributed by atoms with Gasteiger partial charge in [-0.1, -0.05) is 11.6 Å². The van der Waals surface area contributed by atoms with Gasteiger partial charge in [-0.25, -0.2) is 4.98 Å². The minimum atomic E-state index is -1.01. The molecule has 0 N–H and O–H groups in total. The molecule has 2 aromatic heterocycles. The summed E-state index contributed by atoms with van der Waals surface area (Å²) in [5.74, 6) is 0. The van der Waals surface area contributed by atoms with Crippen LogP contribution in [0.4, 0.5) is 0 Å². The van der Waals surface area contributed by atoms with Gasteiger partial charge < -0.3 is 9.12 Å². The number of halogens is 1. The third-order valence-electron chi connectivity index (χ3n) is 2.51. The van der Waals surface area contributed by atoms with Gasteiger partial charge in [-0.05, 0) is 31.1 Å². The summed E-state index contributed by atoms with van der Waals surface area (Å²) in [6.45, 7) is 4.16. The van der Waals surface area contributed by atoms with E-state index in [1.165, 1.54) is 0 Å². The van der Waals surface area contributed by atoms with Crippen LogP contribution in [0, 0.1) is 0 Å². The van der Waals surface area contributed by atoms with E-state index < -0.39 is 11.2 Å². The molecule has 0 aliphatic heterocycles. The van der Waals surface area contributed by atoms with E-state index in [9.17, 15) is 4.55 Å². The molecular formula is C11H13ClN2OS. The van der Waals surface area contributed by atoms with Crippen LogP contribution in [-0.2, 0) is 11.2 Å². The van der Waals surface area contributed by atoms with E-state index in [0.29, 0.717) is 11.2 Å². The van der Waals surface area contributed by atoms with Gasteiger partial charge in [-0.3, -0.25) is 0 Å². The van der Waals surface area contributed by atoms with Gasteiger partial charge in [-0.15, -0.1) is 0 Å². The monoisotopic (exact) mass is 256 g/mol. The van der Waals surface area contributed by atoms with E-state index >= 15 is 0 Å². The molecule has 86 valence electrons. The highest BCUT2D eigenvalue weighted by Crippen LogP contribution is 2.28. The molecule has 0 saturated carbocycles. The molecule has 2 rings (SSSR count). The summed E-state index contributed by atoms with van der Waals surface area (Å²) in [5.41, 5.74) is 0.986. The molecule has 5 heteroatoms. The zero-order valence-electron chi connectivity index (χ0n) is 9.40. The molecule has 0 spiro atoms. The molecule has 0 aromatic carbocycles. The van der Waals surface area contributed by atoms with Crippen LogP contribution in [0.2, 0.25) is 5.15 Å². The highest BCUT2D eigenvalue weighted by atomic mass is 35.5. The average molecular weight is 257 g/mol. The molecular weight excluding hydrogens is 244 g/mol. The van der Waals surface area contributed by atoms with E-state index in [1.807, 2.05) is 12.3 Å². The molecule has 1 unspecified atom stereocenters. The third kappa shape index (κ3) is 1.93. The highest BCUT2D eigenvalue weighted by Gasteiger charge is 2.17. The van der Waals surface area contributed by atoms with Gasteiger partial charge in [0, 0.05) is 12.2 Å². The lowest BCUT2D eigenvalue weighted by Gasteiger charge is -2.08. The van der Waals surface area contributed by atoms with Crippen molar-refractivity contribution in [1.29, 1.82) is 0 Å². The van der Waals surface area contributed by atoms with Gasteiger partial charge in [-0.2, -0.15) is 0 Å². The molecule has 0 aliphatic rings. The number of aromatic nitrogens is 2. The summed E-state index contributed by atoms with van der Waals surface area (Å²) in [7, 11) is 0. The van der Waals surface area contributed by atoms with Gasteiger partial charge in [0.15, 0.2) is 4.90 Å². The number of hydrogen-bond acceptors (Lipinski definition) is 2. The standard InChI is InChI=1S/C11H13ClN2OS/c1-7(2)14-6-10(16(3)15)8-5-13-11(12)4-9(8)14/h4-7H,1-3H3. The molecule has 0 bridgehead atoms. The Hall–Kier alpha value is -0.710. The molecule has 0 fully saturated rings. The van der Waals surface area contributed by atoms with Crippen molar-refractivity contribution in [2.75, 3.05) is 6.26 Å². The van der Waals surface area contributed by atoms with E-state index in [1.54, 1.807) is 12.5 Å². The maximum Gasteiger partial charge on any atom is 0.179 e. The Morgan fingerprint density at radius 3 is 2.75 bits per heavy atom. The number of fused-ring (bicyclic) bond motifs is 1. The van der Waals surface area contributed by atoms with Crippen molar-refractivity contribution < 1.29 is 4.55 Å². The minimum absolute atomic E-state index is 0.304. The van der Waals surface area contributed by atoms with Gasteiger partial charge in [0.25, 0.3) is 0 Å². The topological polar surface area (TPSA) is 40.9 Å². The van der Waals surface area contributed by atoms with Gasteiger partial charge in [0.1, 0.15) is 11.4 Å². The van der Waals surface area contributed by atoms with Crippen molar-refractivity contribution in [2.24, 2.45) is 0 Å². The van der Waals surface area contributed by atoms with E-state index in [4.69, 9.17) is 11.6 Å². The lowest BCUT2D eigenvalue weighted by Crippen LogP contribution is -1.99. The fourth-order valence-electron chi connectivity index (χ4n) is 1.75. The Balaban J connectivity index is 2.76. The molecule has 0 radical (unpaired) electrons. The van der Waals surface area contributed by atoms with E-state index in [2.05, 4.69) is 23.4 Å². The maximum absolute atomic E-state index is 11.6. The Morgan fingerprint density at radius 1 is 1.50 bits per heavy atom. The maximum atomic E-state index is 11.6. The summed E-state index contributed by atoms with van der Waals surface area (Å²) in [5, 5.41) is 1.37. The first-order valence-corrected chi connectivity index (χ1v) is 6.94. The predicted molar refractivity (Wildman–Crippen MR) is 67.5 cm³/mol. The Bertz CT molecular complexity index is 522. The first kappa shape index (κ1) is 11.8. The van der Waals surface area contributed by atoms with E-state index in [0.717, 1.165) is 15.8 Å². The number of pyridine rings is 1. The molecule has 16 heavy (non-hydrogen) atoms. The molecule has 3 nitrogen and oxygen atoms in total. The third-order valence-corrected chi connectivity index (χ3v) is 3.67. The van der Waals surface area contributed by atoms with Crippen molar-refractivity contribution in [2.45, 2.75) is 24.8 Å². The minimum Gasteiger partial charge on any atom is -0.612 e. The van der Waals surface area contributed by atoms with Crippen molar-refractivity contribution >= 4 is 33.7 Å². The van der Waals surface area contributed by atoms with Crippen LogP contribution in [0.3, 0.4) is 0 Å². The molecule has 0 amide bonds. The highest BCUT2D eigenvalue weighted by molar-refractivity contribution is 7.91. The van der Waals surface area contributed by atoms with E-state index in [-0.39, 0.29) is 0 Å². The van der Waals surface area contributed by atoms with Gasteiger partial charge in [0.05, 0.1) is 17.1 Å². The van der Waals surface area contributed by atoms with Gasteiger partial charge >= 0.3 is 0 Å². The van der Waals surface area contributed by atoms with Crippen LogP contribution in [0.1, 0.15) is 19.9 Å². The fraction of sp³-hybridized carbons (Fsp3) is 0.364. The lowest BCUT2D eigenvalue weighted by molar-refractivity contribution is 0.596. The van der Waals surface area contributed by atoms with Crippen LogP contribution < -0.4 is 0 Å². The molecule has 0 saturated heterocycles. The Kier molecular flexibility index (Phi) is 3.15. The van der Waals surface area contributed by atoms with Crippen molar-refractivity contribution in [1.82, 2.24) is 9.55 Å². The van der Waals surface area contributed by atoms with Crippen LogP contribution >= 0.6 is 11.6 Å². The quantitative estimate of drug-likeness (QED) is 0.612. The normalized spacial score (nSPS) is 13.6. The largest absolute Gasteiger partial charge is 0.612 e. The van der Waals surface area contributed by atoms with Crippen molar-refractivity contribution in [3.05, 3.63) is 23.6 Å². The summed E-state index contributed by atoms with van der Waals surface area (Å²) in [4.78, 5) is 4.85. The summed E-state index contributed by atoms with van der Waals surface area (Å²) < 4.78 is 13.7. The number of nitrogens with zero attached hydrogens (tertiary/aromatic N) is 2. The Morgan fingerprint density at radius 2 is 2.19 bits per heavy atom. The average Bonchev–Trinajstić information content (AvgIpc) is 2.56. The molecule has 2 heterocycles. The summed E-state index contributed by atoms with van der Waals surface area (Å²) in [6, 6.07) is 2.12. The zero-order chi connectivity index (χ0) is 11.9. The lowest BCUT2D eigenvalue weighted by atomic mass is 10.3. The molecule has 0 aliphatic carbocycles. The first-order valence-electron chi connectivity index (χ1n) is 5.00. The summed E-state index contributed by atoms with van der Waals surface area (Å²) in [6.07, 6.45) is 5.28. The fourth-order valence-corrected chi connectivity index (χ4v) is 2.63. The SMILES string of the molecule is CC(C)n1cc([S+](C)[O-])c2cnc(Cl)cc21.